The van der Waals surface area contributed by atoms with Gasteiger partial charge in [0.1, 0.15) is 11.3 Å². The third kappa shape index (κ3) is 3.75. The van der Waals surface area contributed by atoms with Crippen molar-refractivity contribution >= 4 is 34.3 Å². The average molecular weight is 367 g/mol. The fourth-order valence-electron chi connectivity index (χ4n) is 2.63. The second-order valence-corrected chi connectivity index (χ2v) is 7.41. The van der Waals surface area contributed by atoms with Gasteiger partial charge < -0.3 is 14.8 Å². The number of phenols is 1. The van der Waals surface area contributed by atoms with E-state index in [4.69, 9.17) is 4.42 Å². The van der Waals surface area contributed by atoms with Crippen LogP contribution in [0.2, 0.25) is 0 Å². The Morgan fingerprint density at radius 3 is 2.65 bits per heavy atom. The average Bonchev–Trinajstić information content (AvgIpc) is 3.46. The molecule has 2 N–H and O–H groups in total. The van der Waals surface area contributed by atoms with Gasteiger partial charge in [-0.3, -0.25) is 4.79 Å². The largest absolute Gasteiger partial charge is 0.508 e. The monoisotopic (exact) mass is 367 g/mol. The number of rotatable bonds is 5. The molecule has 4 rings (SSSR count). The Bertz CT molecular complexity index is 1020. The molecule has 0 saturated heterocycles. The lowest BCUT2D eigenvalue weighted by atomic mass is 10.2. The van der Waals surface area contributed by atoms with Crippen LogP contribution in [0.1, 0.15) is 18.4 Å². The highest BCUT2D eigenvalue weighted by atomic mass is 32.2. The molecular weight excluding hydrogens is 350 g/mol. The standard InChI is InChI=1S/C20H17NO4S/c22-16-6-3-13-9-14(20(24)25-18(13)10-16)11-26-17-7-4-15(5-8-17)21-19(23)12-1-2-12/h3-10,12,22H,1-2,11H2,(H,21,23). The lowest BCUT2D eigenvalue weighted by Crippen LogP contribution is -2.12. The molecule has 6 heteroatoms. The summed E-state index contributed by atoms with van der Waals surface area (Å²) in [5, 5.41) is 13.1. The first-order chi connectivity index (χ1) is 12.6. The van der Waals surface area contributed by atoms with Crippen LogP contribution < -0.4 is 10.9 Å². The Hall–Kier alpha value is -2.73. The van der Waals surface area contributed by atoms with E-state index >= 15 is 0 Å². The van der Waals surface area contributed by atoms with Crippen molar-refractivity contribution in [2.75, 3.05) is 5.32 Å². The summed E-state index contributed by atoms with van der Waals surface area (Å²) in [6, 6.07) is 14.1. The number of benzene rings is 2. The van der Waals surface area contributed by atoms with Crippen LogP contribution in [0.3, 0.4) is 0 Å². The van der Waals surface area contributed by atoms with Crippen LogP contribution in [0.5, 0.6) is 5.75 Å². The van der Waals surface area contributed by atoms with E-state index in [-0.39, 0.29) is 17.6 Å². The molecule has 1 aliphatic carbocycles. The molecule has 3 aromatic rings. The zero-order valence-corrected chi connectivity index (χ0v) is 14.7. The van der Waals surface area contributed by atoms with E-state index in [9.17, 15) is 14.7 Å². The molecule has 1 fully saturated rings. The first-order valence-corrected chi connectivity index (χ1v) is 9.36. The molecule has 0 bridgehead atoms. The van der Waals surface area contributed by atoms with Crippen molar-refractivity contribution in [1.29, 1.82) is 0 Å². The molecule has 1 amide bonds. The highest BCUT2D eigenvalue weighted by Crippen LogP contribution is 2.31. The number of amides is 1. The summed E-state index contributed by atoms with van der Waals surface area (Å²) in [6.45, 7) is 0. The Morgan fingerprint density at radius 2 is 1.92 bits per heavy atom. The van der Waals surface area contributed by atoms with Crippen molar-refractivity contribution < 1.29 is 14.3 Å². The number of carbonyl (C=O) groups is 1. The van der Waals surface area contributed by atoms with Gasteiger partial charge in [-0.05, 0) is 55.3 Å². The van der Waals surface area contributed by atoms with Crippen LogP contribution >= 0.6 is 11.8 Å². The summed E-state index contributed by atoms with van der Waals surface area (Å²) in [5.41, 5.74) is 1.33. The first-order valence-electron chi connectivity index (χ1n) is 8.38. The maximum Gasteiger partial charge on any atom is 0.340 e. The lowest BCUT2D eigenvalue weighted by Gasteiger charge is -2.06. The van der Waals surface area contributed by atoms with Crippen LogP contribution in [0.4, 0.5) is 5.69 Å². The Labute approximate surface area is 154 Å². The van der Waals surface area contributed by atoms with Crippen molar-refractivity contribution in [3.63, 3.8) is 0 Å². The number of nitrogens with one attached hydrogen (secondary N) is 1. The molecule has 26 heavy (non-hydrogen) atoms. The number of thioether (sulfide) groups is 1. The Kier molecular flexibility index (Phi) is 4.42. The van der Waals surface area contributed by atoms with Crippen LogP contribution in [0.25, 0.3) is 11.0 Å². The number of anilines is 1. The maximum atomic E-state index is 12.1. The number of hydrogen-bond acceptors (Lipinski definition) is 5. The molecule has 1 aromatic heterocycles. The van der Waals surface area contributed by atoms with Crippen molar-refractivity contribution in [1.82, 2.24) is 0 Å². The van der Waals surface area contributed by atoms with Crippen LogP contribution in [0, 0.1) is 5.92 Å². The van der Waals surface area contributed by atoms with Gasteiger partial charge in [0.25, 0.3) is 0 Å². The quantitative estimate of drug-likeness (QED) is 0.523. The summed E-state index contributed by atoms with van der Waals surface area (Å²) in [5.74, 6) is 0.812. The summed E-state index contributed by atoms with van der Waals surface area (Å²) in [4.78, 5) is 24.9. The van der Waals surface area contributed by atoms with Crippen molar-refractivity contribution in [2.45, 2.75) is 23.5 Å². The summed E-state index contributed by atoms with van der Waals surface area (Å²) in [7, 11) is 0. The number of aromatic hydroxyl groups is 1. The Balaban J connectivity index is 1.44. The smallest absolute Gasteiger partial charge is 0.340 e. The maximum absolute atomic E-state index is 12.1. The van der Waals surface area contributed by atoms with Crippen molar-refractivity contribution in [3.8, 4) is 5.75 Å². The molecule has 132 valence electrons. The minimum Gasteiger partial charge on any atom is -0.508 e. The van der Waals surface area contributed by atoms with E-state index in [1.165, 1.54) is 17.8 Å². The number of fused-ring (bicyclic) bond motifs is 1. The fraction of sp³-hybridized carbons (Fsp3) is 0.200. The normalized spacial score (nSPS) is 13.7. The minimum absolute atomic E-state index is 0.0663. The molecule has 0 aliphatic heterocycles. The zero-order valence-electron chi connectivity index (χ0n) is 13.9. The highest BCUT2D eigenvalue weighted by molar-refractivity contribution is 7.98. The van der Waals surface area contributed by atoms with Gasteiger partial charge in [-0.1, -0.05) is 0 Å². The summed E-state index contributed by atoms with van der Waals surface area (Å²) < 4.78 is 5.28. The first kappa shape index (κ1) is 16.7. The fourth-order valence-corrected chi connectivity index (χ4v) is 3.48. The van der Waals surface area contributed by atoms with E-state index in [2.05, 4.69) is 5.32 Å². The molecule has 1 aliphatic rings. The second kappa shape index (κ2) is 6.88. The van der Waals surface area contributed by atoms with Gasteiger partial charge in [0.15, 0.2) is 0 Å². The van der Waals surface area contributed by atoms with E-state index in [0.29, 0.717) is 16.9 Å². The predicted octanol–water partition coefficient (Wildman–Crippen LogP) is 4.14. The highest BCUT2D eigenvalue weighted by Gasteiger charge is 2.29. The van der Waals surface area contributed by atoms with Gasteiger partial charge in [-0.2, -0.15) is 0 Å². The molecule has 1 saturated carbocycles. The van der Waals surface area contributed by atoms with E-state index in [0.717, 1.165) is 28.8 Å². The predicted molar refractivity (Wildman–Crippen MR) is 102 cm³/mol. The summed E-state index contributed by atoms with van der Waals surface area (Å²) >= 11 is 1.52. The minimum atomic E-state index is -0.399. The van der Waals surface area contributed by atoms with Gasteiger partial charge in [-0.15, -0.1) is 11.8 Å². The number of phenolic OH excluding ortho intramolecular Hbond substituents is 1. The third-order valence-corrected chi connectivity index (χ3v) is 5.32. The molecular formula is C20H17NO4S. The SMILES string of the molecule is O=C(Nc1ccc(SCc2cc3ccc(O)cc3oc2=O)cc1)C1CC1. The van der Waals surface area contributed by atoms with Gasteiger partial charge in [0.2, 0.25) is 5.91 Å². The Morgan fingerprint density at radius 1 is 1.15 bits per heavy atom. The number of hydrogen-bond donors (Lipinski definition) is 2. The summed E-state index contributed by atoms with van der Waals surface area (Å²) in [6.07, 6.45) is 1.96. The van der Waals surface area contributed by atoms with Crippen molar-refractivity contribution in [2.24, 2.45) is 5.92 Å². The molecule has 0 spiro atoms. The van der Waals surface area contributed by atoms with E-state index < -0.39 is 5.63 Å². The van der Waals surface area contributed by atoms with E-state index in [1.54, 1.807) is 18.2 Å². The second-order valence-electron chi connectivity index (χ2n) is 6.36. The topological polar surface area (TPSA) is 79.5 Å². The van der Waals surface area contributed by atoms with Gasteiger partial charge in [0.05, 0.1) is 0 Å². The van der Waals surface area contributed by atoms with E-state index in [1.807, 2.05) is 24.3 Å². The lowest BCUT2D eigenvalue weighted by molar-refractivity contribution is -0.117. The molecule has 5 nitrogen and oxygen atoms in total. The van der Waals surface area contributed by atoms with Crippen molar-refractivity contribution in [3.05, 3.63) is 64.5 Å². The molecule has 2 aromatic carbocycles. The third-order valence-electron chi connectivity index (χ3n) is 4.26. The van der Waals surface area contributed by atoms with Crippen LogP contribution in [0.15, 0.2) is 62.6 Å². The van der Waals surface area contributed by atoms with Gasteiger partial charge >= 0.3 is 5.63 Å². The molecule has 0 unspecified atom stereocenters. The van der Waals surface area contributed by atoms with Crippen LogP contribution in [-0.2, 0) is 10.5 Å². The molecule has 1 heterocycles. The van der Waals surface area contributed by atoms with Gasteiger partial charge in [0, 0.05) is 39.3 Å². The molecule has 0 atom stereocenters. The molecule has 0 radical (unpaired) electrons. The van der Waals surface area contributed by atoms with Gasteiger partial charge in [-0.25, -0.2) is 4.79 Å². The zero-order chi connectivity index (χ0) is 18.1. The number of carbonyl (C=O) groups excluding carboxylic acids is 1. The van der Waals surface area contributed by atoms with Crippen LogP contribution in [-0.4, -0.2) is 11.0 Å².